The lowest BCUT2D eigenvalue weighted by atomic mass is 10.2. The number of fused-ring (bicyclic) bond motifs is 1. The van der Waals surface area contributed by atoms with Crippen LogP contribution in [-0.2, 0) is 16.4 Å². The molecule has 0 fully saturated rings. The standard InChI is InChI=1S/C14H14ClN5O3S2/c1-25(21,22)20-10-7-23-11-6-17-8(4-9(10)11)2-3-24-14-18-12(15)5-13(16)19-14/h4-7,20H,2-3H2,1H3,(H2,16,18,19). The molecule has 0 saturated carbocycles. The summed E-state index contributed by atoms with van der Waals surface area (Å²) in [5, 5.41) is 1.45. The minimum atomic E-state index is -3.39. The molecular weight excluding hydrogens is 386 g/mol. The number of nitrogens with two attached hydrogens (primary N) is 1. The number of nitrogen functional groups attached to an aromatic ring is 1. The molecule has 25 heavy (non-hydrogen) atoms. The molecule has 3 N–H and O–H groups in total. The van der Waals surface area contributed by atoms with E-state index in [1.165, 1.54) is 24.1 Å². The SMILES string of the molecule is CS(=O)(=O)Nc1coc2cnc(CCSc3nc(N)cc(Cl)n3)cc12. The Hall–Kier alpha value is -2.04. The van der Waals surface area contributed by atoms with Crippen LogP contribution < -0.4 is 10.5 Å². The zero-order valence-corrected chi connectivity index (χ0v) is 15.5. The molecule has 0 aliphatic heterocycles. The number of hydrogen-bond donors (Lipinski definition) is 2. The molecule has 0 unspecified atom stereocenters. The van der Waals surface area contributed by atoms with Crippen LogP contribution in [0.5, 0.6) is 0 Å². The van der Waals surface area contributed by atoms with Gasteiger partial charge in [-0.1, -0.05) is 23.4 Å². The topological polar surface area (TPSA) is 124 Å². The van der Waals surface area contributed by atoms with E-state index in [1.54, 1.807) is 12.3 Å². The molecule has 3 aromatic rings. The highest BCUT2D eigenvalue weighted by atomic mass is 35.5. The lowest BCUT2D eigenvalue weighted by Crippen LogP contribution is -2.09. The first-order chi connectivity index (χ1) is 11.8. The third-order valence-electron chi connectivity index (χ3n) is 3.10. The smallest absolute Gasteiger partial charge is 0.229 e. The number of aromatic nitrogens is 3. The Morgan fingerprint density at radius 1 is 1.36 bits per heavy atom. The van der Waals surface area contributed by atoms with Crippen LogP contribution >= 0.6 is 23.4 Å². The molecular formula is C14H14ClN5O3S2. The average molecular weight is 400 g/mol. The first-order valence-corrected chi connectivity index (χ1v) is 10.3. The van der Waals surface area contributed by atoms with Crippen molar-refractivity contribution in [2.24, 2.45) is 0 Å². The Bertz CT molecular complexity index is 1000. The molecule has 3 aromatic heterocycles. The number of nitrogens with one attached hydrogen (secondary N) is 1. The highest BCUT2D eigenvalue weighted by Crippen LogP contribution is 2.27. The van der Waals surface area contributed by atoms with E-state index >= 15 is 0 Å². The second-order valence-corrected chi connectivity index (χ2v) is 8.39. The number of rotatable bonds is 6. The summed E-state index contributed by atoms with van der Waals surface area (Å²) < 4.78 is 30.5. The second-order valence-electron chi connectivity index (χ2n) is 5.19. The summed E-state index contributed by atoms with van der Waals surface area (Å²) in [6, 6.07) is 3.27. The zero-order valence-electron chi connectivity index (χ0n) is 13.1. The number of sulfonamides is 1. The number of halogens is 1. The predicted molar refractivity (Wildman–Crippen MR) is 98.4 cm³/mol. The molecule has 0 aliphatic carbocycles. The summed E-state index contributed by atoms with van der Waals surface area (Å²) in [5.41, 5.74) is 7.31. The zero-order chi connectivity index (χ0) is 18.0. The van der Waals surface area contributed by atoms with Crippen molar-refractivity contribution in [3.05, 3.63) is 35.4 Å². The Morgan fingerprint density at radius 3 is 2.88 bits per heavy atom. The molecule has 3 rings (SSSR count). The van der Waals surface area contributed by atoms with Crippen LogP contribution in [0.1, 0.15) is 5.69 Å². The van der Waals surface area contributed by atoms with Gasteiger partial charge in [0, 0.05) is 22.9 Å². The van der Waals surface area contributed by atoms with Crippen molar-refractivity contribution in [2.45, 2.75) is 11.6 Å². The number of thioether (sulfide) groups is 1. The van der Waals surface area contributed by atoms with Crippen LogP contribution in [0, 0.1) is 0 Å². The van der Waals surface area contributed by atoms with Crippen molar-refractivity contribution in [2.75, 3.05) is 22.5 Å². The fourth-order valence-electron chi connectivity index (χ4n) is 2.12. The highest BCUT2D eigenvalue weighted by Gasteiger charge is 2.11. The van der Waals surface area contributed by atoms with Crippen molar-refractivity contribution in [1.82, 2.24) is 15.0 Å². The maximum absolute atomic E-state index is 11.4. The molecule has 0 saturated heterocycles. The number of nitrogens with zero attached hydrogens (tertiary/aromatic N) is 3. The van der Waals surface area contributed by atoms with Gasteiger partial charge >= 0.3 is 0 Å². The Kier molecular flexibility index (Phi) is 5.02. The van der Waals surface area contributed by atoms with Gasteiger partial charge in [-0.2, -0.15) is 0 Å². The van der Waals surface area contributed by atoms with Gasteiger partial charge in [0.05, 0.1) is 18.1 Å². The summed E-state index contributed by atoms with van der Waals surface area (Å²) in [5.74, 6) is 0.974. The normalized spacial score (nSPS) is 11.8. The van der Waals surface area contributed by atoms with E-state index in [-0.39, 0.29) is 0 Å². The number of hydrogen-bond acceptors (Lipinski definition) is 8. The monoisotopic (exact) mass is 399 g/mol. The first-order valence-electron chi connectivity index (χ1n) is 7.07. The lowest BCUT2D eigenvalue weighted by Gasteiger charge is -2.04. The molecule has 8 nitrogen and oxygen atoms in total. The van der Waals surface area contributed by atoms with Crippen LogP contribution in [0.25, 0.3) is 11.0 Å². The van der Waals surface area contributed by atoms with E-state index in [1.807, 2.05) is 0 Å². The van der Waals surface area contributed by atoms with Gasteiger partial charge in [0.25, 0.3) is 0 Å². The molecule has 11 heteroatoms. The van der Waals surface area contributed by atoms with Crippen molar-refractivity contribution in [3.63, 3.8) is 0 Å². The quantitative estimate of drug-likeness (QED) is 0.368. The number of furan rings is 1. The average Bonchev–Trinajstić information content (AvgIpc) is 2.87. The van der Waals surface area contributed by atoms with Crippen LogP contribution in [0.4, 0.5) is 11.5 Å². The van der Waals surface area contributed by atoms with Crippen LogP contribution in [0.2, 0.25) is 5.15 Å². The highest BCUT2D eigenvalue weighted by molar-refractivity contribution is 7.99. The van der Waals surface area contributed by atoms with Crippen molar-refractivity contribution >= 4 is 55.9 Å². The van der Waals surface area contributed by atoms with E-state index in [0.29, 0.717) is 45.0 Å². The van der Waals surface area contributed by atoms with E-state index in [4.69, 9.17) is 21.8 Å². The van der Waals surface area contributed by atoms with Crippen molar-refractivity contribution in [1.29, 1.82) is 0 Å². The maximum Gasteiger partial charge on any atom is 0.229 e. The molecule has 0 bridgehead atoms. The van der Waals surface area contributed by atoms with Gasteiger partial charge in [-0.25, -0.2) is 18.4 Å². The van der Waals surface area contributed by atoms with Gasteiger partial charge in [0.2, 0.25) is 10.0 Å². The fraction of sp³-hybridized carbons (Fsp3) is 0.214. The third kappa shape index (κ3) is 4.74. The third-order valence-corrected chi connectivity index (χ3v) is 4.73. The van der Waals surface area contributed by atoms with Gasteiger partial charge in [-0.15, -0.1) is 0 Å². The molecule has 0 amide bonds. The van der Waals surface area contributed by atoms with Crippen LogP contribution in [0.3, 0.4) is 0 Å². The Balaban J connectivity index is 1.72. The van der Waals surface area contributed by atoms with Crippen LogP contribution in [0.15, 0.2) is 34.2 Å². The Labute approximate surface area is 153 Å². The molecule has 0 spiro atoms. The van der Waals surface area contributed by atoms with Gasteiger partial charge in [-0.05, 0) is 12.5 Å². The second kappa shape index (κ2) is 7.06. The van der Waals surface area contributed by atoms with Gasteiger partial charge in [0.1, 0.15) is 17.2 Å². The minimum Gasteiger partial charge on any atom is -0.460 e. The fourth-order valence-corrected chi connectivity index (χ4v) is 3.74. The number of aryl methyl sites for hydroxylation is 1. The van der Waals surface area contributed by atoms with Gasteiger partial charge in [-0.3, -0.25) is 9.71 Å². The summed E-state index contributed by atoms with van der Waals surface area (Å²) in [6.45, 7) is 0. The summed E-state index contributed by atoms with van der Waals surface area (Å²) in [7, 11) is -3.39. The van der Waals surface area contributed by atoms with Gasteiger partial charge in [0.15, 0.2) is 10.7 Å². The molecule has 132 valence electrons. The van der Waals surface area contributed by atoms with Crippen molar-refractivity contribution < 1.29 is 12.8 Å². The first kappa shape index (κ1) is 17.8. The molecule has 0 atom stereocenters. The summed E-state index contributed by atoms with van der Waals surface area (Å²) in [4.78, 5) is 12.5. The molecule has 0 aliphatic rings. The lowest BCUT2D eigenvalue weighted by molar-refractivity contribution is 0.604. The summed E-state index contributed by atoms with van der Waals surface area (Å²) in [6.07, 6.45) is 4.63. The molecule has 0 radical (unpaired) electrons. The van der Waals surface area contributed by atoms with Crippen molar-refractivity contribution in [3.8, 4) is 0 Å². The van der Waals surface area contributed by atoms with Crippen LogP contribution in [-0.4, -0.2) is 35.4 Å². The number of pyridine rings is 1. The minimum absolute atomic E-state index is 0.296. The van der Waals surface area contributed by atoms with E-state index in [0.717, 1.165) is 11.9 Å². The predicted octanol–water partition coefficient (Wildman–Crippen LogP) is 2.56. The summed E-state index contributed by atoms with van der Waals surface area (Å²) >= 11 is 7.25. The van der Waals surface area contributed by atoms with E-state index < -0.39 is 10.0 Å². The van der Waals surface area contributed by atoms with Gasteiger partial charge < -0.3 is 10.2 Å². The molecule has 0 aromatic carbocycles. The van der Waals surface area contributed by atoms with E-state index in [9.17, 15) is 8.42 Å². The largest absolute Gasteiger partial charge is 0.460 e. The maximum atomic E-state index is 11.4. The Morgan fingerprint density at radius 2 is 2.16 bits per heavy atom. The molecule has 3 heterocycles. The van der Waals surface area contributed by atoms with E-state index in [2.05, 4.69) is 19.7 Å². The number of anilines is 2.